The van der Waals surface area contributed by atoms with Crippen LogP contribution in [0.4, 0.5) is 0 Å². The molecule has 96 valence electrons. The molecule has 0 aliphatic carbocycles. The minimum absolute atomic E-state index is 0.209. The van der Waals surface area contributed by atoms with Crippen LogP contribution in [0.3, 0.4) is 0 Å². The Balaban J connectivity index is 1.69. The van der Waals surface area contributed by atoms with Gasteiger partial charge in [-0.3, -0.25) is 0 Å². The summed E-state index contributed by atoms with van der Waals surface area (Å²) in [6.07, 6.45) is -2.81. The second-order valence-electron chi connectivity index (χ2n) is 4.14. The molecule has 7 heteroatoms. The second kappa shape index (κ2) is 4.18. The normalized spacial score (nSPS) is 48.6. The number of carbonyl (C=O) groups is 1. The summed E-state index contributed by atoms with van der Waals surface area (Å²) in [6, 6.07) is 0. The van der Waals surface area contributed by atoms with Gasteiger partial charge in [0, 0.05) is 0 Å². The van der Waals surface area contributed by atoms with E-state index in [2.05, 4.69) is 4.74 Å². The summed E-state index contributed by atoms with van der Waals surface area (Å²) in [4.78, 5) is 11.3. The zero-order valence-electron chi connectivity index (χ0n) is 9.53. The van der Waals surface area contributed by atoms with Crippen molar-refractivity contribution in [3.8, 4) is 0 Å². The van der Waals surface area contributed by atoms with Crippen molar-refractivity contribution in [2.24, 2.45) is 0 Å². The van der Waals surface area contributed by atoms with E-state index in [4.69, 9.17) is 23.7 Å². The van der Waals surface area contributed by atoms with Gasteiger partial charge in [-0.2, -0.15) is 0 Å². The highest BCUT2D eigenvalue weighted by molar-refractivity contribution is 5.73. The lowest BCUT2D eigenvalue weighted by Crippen LogP contribution is -2.45. The van der Waals surface area contributed by atoms with Gasteiger partial charge in [-0.1, -0.05) is 0 Å². The van der Waals surface area contributed by atoms with Crippen LogP contribution in [-0.4, -0.2) is 56.9 Å². The van der Waals surface area contributed by atoms with Gasteiger partial charge in [-0.25, -0.2) is 4.79 Å². The third-order valence-corrected chi connectivity index (χ3v) is 3.04. The first-order valence-electron chi connectivity index (χ1n) is 5.50. The summed E-state index contributed by atoms with van der Waals surface area (Å²) in [5.74, 6) is -0.570. The summed E-state index contributed by atoms with van der Waals surface area (Å²) in [5, 5.41) is 0. The van der Waals surface area contributed by atoms with E-state index in [1.54, 1.807) is 6.92 Å². The molecule has 3 aliphatic heterocycles. The van der Waals surface area contributed by atoms with Gasteiger partial charge in [0.05, 0.1) is 13.7 Å². The van der Waals surface area contributed by atoms with Crippen LogP contribution >= 0.6 is 0 Å². The van der Waals surface area contributed by atoms with Gasteiger partial charge in [0.25, 0.3) is 6.29 Å². The second-order valence-corrected chi connectivity index (χ2v) is 4.14. The number of methoxy groups -OCH3 is 1. The van der Waals surface area contributed by atoms with Crippen molar-refractivity contribution in [1.82, 2.24) is 0 Å². The van der Waals surface area contributed by atoms with E-state index in [0.717, 1.165) is 0 Å². The maximum atomic E-state index is 11.3. The Morgan fingerprint density at radius 2 is 2.00 bits per heavy atom. The maximum absolute atomic E-state index is 11.3. The van der Waals surface area contributed by atoms with E-state index in [-0.39, 0.29) is 18.5 Å². The lowest BCUT2D eigenvalue weighted by Gasteiger charge is -2.31. The summed E-state index contributed by atoms with van der Waals surface area (Å²) in [7, 11) is 1.28. The van der Waals surface area contributed by atoms with E-state index in [1.165, 1.54) is 7.11 Å². The zero-order chi connectivity index (χ0) is 12.0. The molecule has 0 aromatic heterocycles. The van der Waals surface area contributed by atoms with E-state index < -0.39 is 24.7 Å². The fourth-order valence-corrected chi connectivity index (χ4v) is 2.24. The Kier molecular flexibility index (Phi) is 2.80. The number of hydrogen-bond acceptors (Lipinski definition) is 7. The summed E-state index contributed by atoms with van der Waals surface area (Å²) in [6.45, 7) is 2.24. The number of hydrogen-bond donors (Lipinski definition) is 0. The van der Waals surface area contributed by atoms with Crippen LogP contribution in [0.1, 0.15) is 6.92 Å². The van der Waals surface area contributed by atoms with Crippen molar-refractivity contribution < 1.29 is 33.2 Å². The van der Waals surface area contributed by atoms with Crippen LogP contribution in [0, 0.1) is 0 Å². The van der Waals surface area contributed by atoms with Crippen LogP contribution in [0.2, 0.25) is 0 Å². The van der Waals surface area contributed by atoms with Crippen molar-refractivity contribution in [2.75, 3.05) is 13.7 Å². The molecule has 7 nitrogen and oxygen atoms in total. The molecule has 17 heavy (non-hydrogen) atoms. The molecule has 0 spiro atoms. The molecule has 0 saturated carbocycles. The number of carbonyl (C=O) groups excluding carboxylic acids is 1. The first-order chi connectivity index (χ1) is 8.19. The molecule has 0 radical (unpaired) electrons. The largest absolute Gasteiger partial charge is 0.465 e. The summed E-state index contributed by atoms with van der Waals surface area (Å²) >= 11 is 0. The van der Waals surface area contributed by atoms with Crippen molar-refractivity contribution in [3.63, 3.8) is 0 Å². The Hall–Kier alpha value is -0.730. The molecule has 3 heterocycles. The van der Waals surface area contributed by atoms with Gasteiger partial charge in [-0.15, -0.1) is 0 Å². The smallest absolute Gasteiger partial charge is 0.363 e. The average molecular weight is 246 g/mol. The molecule has 0 aromatic carbocycles. The molecule has 3 fully saturated rings. The Morgan fingerprint density at radius 1 is 1.18 bits per heavy atom. The zero-order valence-corrected chi connectivity index (χ0v) is 9.53. The van der Waals surface area contributed by atoms with E-state index >= 15 is 0 Å². The number of fused-ring (bicyclic) bond motifs is 3. The minimum Gasteiger partial charge on any atom is -0.465 e. The highest BCUT2D eigenvalue weighted by atomic mass is 16.9. The molecule has 3 saturated heterocycles. The summed E-state index contributed by atoms with van der Waals surface area (Å²) in [5.41, 5.74) is 0. The predicted octanol–water partition coefficient (Wildman–Crippen LogP) is -0.613. The molecule has 3 rings (SSSR count). The SMILES string of the molecule is COC(=O)C1OC2OC3COC(C)OC3C2O1. The van der Waals surface area contributed by atoms with Gasteiger partial charge in [0.1, 0.15) is 18.3 Å². The van der Waals surface area contributed by atoms with Crippen LogP contribution in [0.5, 0.6) is 0 Å². The molecule has 6 atom stereocenters. The van der Waals surface area contributed by atoms with Gasteiger partial charge in [0.2, 0.25) is 0 Å². The van der Waals surface area contributed by atoms with Crippen LogP contribution in [0.25, 0.3) is 0 Å². The van der Waals surface area contributed by atoms with Crippen molar-refractivity contribution >= 4 is 5.97 Å². The molecule has 0 bridgehead atoms. The first kappa shape index (κ1) is 11.4. The molecule has 0 amide bonds. The quantitative estimate of drug-likeness (QED) is 0.571. The van der Waals surface area contributed by atoms with E-state index in [1.807, 2.05) is 0 Å². The predicted molar refractivity (Wildman–Crippen MR) is 50.7 cm³/mol. The van der Waals surface area contributed by atoms with E-state index in [0.29, 0.717) is 6.61 Å². The molecule has 6 unspecified atom stereocenters. The van der Waals surface area contributed by atoms with Gasteiger partial charge < -0.3 is 28.4 Å². The minimum atomic E-state index is -1.03. The number of esters is 1. The first-order valence-corrected chi connectivity index (χ1v) is 5.50. The van der Waals surface area contributed by atoms with Crippen LogP contribution in [0.15, 0.2) is 0 Å². The van der Waals surface area contributed by atoms with Crippen LogP contribution in [-0.2, 0) is 33.2 Å². The third-order valence-electron chi connectivity index (χ3n) is 3.04. The lowest BCUT2D eigenvalue weighted by molar-refractivity contribution is -0.263. The Bertz CT molecular complexity index is 320. The molecular weight excluding hydrogens is 232 g/mol. The van der Waals surface area contributed by atoms with Crippen LogP contribution < -0.4 is 0 Å². The molecule has 0 aromatic rings. The molecular formula is C10H14O7. The number of rotatable bonds is 1. The fourth-order valence-electron chi connectivity index (χ4n) is 2.24. The van der Waals surface area contributed by atoms with Gasteiger partial charge in [-0.05, 0) is 6.92 Å². The average Bonchev–Trinajstić information content (AvgIpc) is 2.86. The lowest BCUT2D eigenvalue weighted by atomic mass is 10.1. The highest BCUT2D eigenvalue weighted by Gasteiger charge is 2.56. The van der Waals surface area contributed by atoms with Crippen molar-refractivity contribution in [2.45, 2.75) is 44.1 Å². The summed E-state index contributed by atoms with van der Waals surface area (Å²) < 4.78 is 31.8. The molecule has 0 N–H and O–H groups in total. The van der Waals surface area contributed by atoms with Gasteiger partial charge in [0.15, 0.2) is 12.6 Å². The number of ether oxygens (including phenoxy) is 6. The third kappa shape index (κ3) is 1.84. The van der Waals surface area contributed by atoms with Crippen molar-refractivity contribution in [3.05, 3.63) is 0 Å². The topological polar surface area (TPSA) is 72.5 Å². The Labute approximate surface area is 97.8 Å². The standard InChI is InChI=1S/C10H14O7/c1-4-13-3-5-6(14-4)7-9(15-5)17-10(16-7)8(11)12-2/h4-7,9-10H,3H2,1-2H3. The highest BCUT2D eigenvalue weighted by Crippen LogP contribution is 2.37. The maximum Gasteiger partial charge on any atom is 0.363 e. The van der Waals surface area contributed by atoms with Gasteiger partial charge >= 0.3 is 5.97 Å². The van der Waals surface area contributed by atoms with E-state index in [9.17, 15) is 4.79 Å². The molecule has 3 aliphatic rings. The monoisotopic (exact) mass is 246 g/mol. The Morgan fingerprint density at radius 3 is 2.76 bits per heavy atom. The van der Waals surface area contributed by atoms with Crippen molar-refractivity contribution in [1.29, 1.82) is 0 Å². The fraction of sp³-hybridized carbons (Fsp3) is 0.900.